The topological polar surface area (TPSA) is 12.0 Å². The van der Waals surface area contributed by atoms with Gasteiger partial charge in [-0.05, 0) is 40.8 Å². The Balaban J connectivity index is 2.01. The molecule has 0 radical (unpaired) electrons. The molecule has 0 amide bonds. The Morgan fingerprint density at radius 2 is 1.68 bits per heavy atom. The van der Waals surface area contributed by atoms with Gasteiger partial charge in [0.2, 0.25) is 0 Å². The fourth-order valence-corrected chi connectivity index (χ4v) is 2.15. The van der Waals surface area contributed by atoms with Crippen LogP contribution in [0.5, 0.6) is 0 Å². The Hall–Kier alpha value is -1.47. The van der Waals surface area contributed by atoms with Crippen LogP contribution in [0.4, 0.5) is 5.69 Å². The molecule has 0 aliphatic heterocycles. The summed E-state index contributed by atoms with van der Waals surface area (Å²) in [6.45, 7) is 7.46. The van der Waals surface area contributed by atoms with Crippen molar-refractivity contribution < 1.29 is 0 Å². The molecule has 1 N–H and O–H groups in total. The molecule has 2 heteroatoms. The fraction of sp³-hybridized carbons (Fsp3) is 0.294. The molecular weight excluding hydrogens is 254 g/mol. The number of halogens is 1. The van der Waals surface area contributed by atoms with Crippen LogP contribution in [0.3, 0.4) is 0 Å². The van der Waals surface area contributed by atoms with Gasteiger partial charge in [0.15, 0.2) is 0 Å². The molecule has 100 valence electrons. The van der Waals surface area contributed by atoms with Crippen molar-refractivity contribution in [1.29, 1.82) is 0 Å². The van der Waals surface area contributed by atoms with Crippen LogP contribution in [0.15, 0.2) is 48.5 Å². The first kappa shape index (κ1) is 14.0. The Bertz CT molecular complexity index is 538. The molecule has 0 bridgehead atoms. The average molecular weight is 274 g/mol. The van der Waals surface area contributed by atoms with Crippen LogP contribution < -0.4 is 5.32 Å². The number of nitrogens with one attached hydrogen (secondary N) is 1. The molecule has 0 saturated heterocycles. The highest BCUT2D eigenvalue weighted by atomic mass is 35.5. The van der Waals surface area contributed by atoms with Crippen LogP contribution in [0, 0.1) is 0 Å². The van der Waals surface area contributed by atoms with Crippen molar-refractivity contribution in [3.63, 3.8) is 0 Å². The lowest BCUT2D eigenvalue weighted by Gasteiger charge is -2.19. The quantitative estimate of drug-likeness (QED) is 0.805. The molecule has 0 unspecified atom stereocenters. The van der Waals surface area contributed by atoms with Gasteiger partial charge in [0.25, 0.3) is 0 Å². The van der Waals surface area contributed by atoms with Crippen LogP contribution >= 0.6 is 11.6 Å². The molecular formula is C17H20ClN. The smallest absolute Gasteiger partial charge is 0.0409 e. The number of rotatable bonds is 3. The van der Waals surface area contributed by atoms with E-state index in [4.69, 9.17) is 11.6 Å². The minimum Gasteiger partial charge on any atom is -0.381 e. The summed E-state index contributed by atoms with van der Waals surface area (Å²) in [7, 11) is 0. The summed E-state index contributed by atoms with van der Waals surface area (Å²) < 4.78 is 0. The normalized spacial score (nSPS) is 11.4. The minimum absolute atomic E-state index is 0.200. The third-order valence-electron chi connectivity index (χ3n) is 3.14. The molecule has 2 rings (SSSR count). The maximum absolute atomic E-state index is 5.97. The number of hydrogen-bond acceptors (Lipinski definition) is 1. The first-order chi connectivity index (χ1) is 8.95. The first-order valence-corrected chi connectivity index (χ1v) is 6.92. The number of benzene rings is 2. The van der Waals surface area contributed by atoms with Gasteiger partial charge in [0, 0.05) is 17.3 Å². The number of hydrogen-bond donors (Lipinski definition) is 1. The maximum atomic E-state index is 5.97. The summed E-state index contributed by atoms with van der Waals surface area (Å²) in [5, 5.41) is 4.19. The van der Waals surface area contributed by atoms with Crippen molar-refractivity contribution in [2.45, 2.75) is 32.7 Å². The van der Waals surface area contributed by atoms with E-state index in [1.54, 1.807) is 0 Å². The van der Waals surface area contributed by atoms with E-state index in [0.717, 1.165) is 17.3 Å². The third kappa shape index (κ3) is 4.00. The summed E-state index contributed by atoms with van der Waals surface area (Å²) in [5.74, 6) is 0. The molecule has 2 aromatic carbocycles. The van der Waals surface area contributed by atoms with Crippen molar-refractivity contribution in [2.24, 2.45) is 0 Å². The largest absolute Gasteiger partial charge is 0.381 e. The number of anilines is 1. The second kappa shape index (κ2) is 5.66. The van der Waals surface area contributed by atoms with E-state index in [1.807, 2.05) is 18.2 Å². The van der Waals surface area contributed by atoms with Gasteiger partial charge in [-0.3, -0.25) is 0 Å². The van der Waals surface area contributed by atoms with E-state index in [1.165, 1.54) is 11.1 Å². The van der Waals surface area contributed by atoms with E-state index in [0.29, 0.717) is 0 Å². The lowest BCUT2D eigenvalue weighted by molar-refractivity contribution is 0.590. The Morgan fingerprint density at radius 1 is 1.00 bits per heavy atom. The summed E-state index contributed by atoms with van der Waals surface area (Å²) in [4.78, 5) is 0. The van der Waals surface area contributed by atoms with Crippen molar-refractivity contribution >= 4 is 17.3 Å². The highest BCUT2D eigenvalue weighted by molar-refractivity contribution is 6.30. The highest BCUT2D eigenvalue weighted by Gasteiger charge is 2.12. The molecule has 2 aromatic rings. The van der Waals surface area contributed by atoms with Gasteiger partial charge in [0.1, 0.15) is 0 Å². The molecule has 1 nitrogen and oxygen atoms in total. The van der Waals surface area contributed by atoms with E-state index in [9.17, 15) is 0 Å². The van der Waals surface area contributed by atoms with Crippen LogP contribution in [-0.2, 0) is 12.0 Å². The molecule has 0 aliphatic carbocycles. The van der Waals surface area contributed by atoms with Crippen LogP contribution in [0.25, 0.3) is 0 Å². The molecule has 0 spiro atoms. The zero-order valence-corrected chi connectivity index (χ0v) is 12.5. The van der Waals surface area contributed by atoms with Gasteiger partial charge in [-0.25, -0.2) is 0 Å². The molecule has 0 atom stereocenters. The van der Waals surface area contributed by atoms with E-state index in [2.05, 4.69) is 56.4 Å². The predicted molar refractivity (Wildman–Crippen MR) is 83.9 cm³/mol. The van der Waals surface area contributed by atoms with E-state index >= 15 is 0 Å². The SMILES string of the molecule is CC(C)(C)c1ccc(NCc2cccc(Cl)c2)cc1. The van der Waals surface area contributed by atoms with Gasteiger partial charge < -0.3 is 5.32 Å². The van der Waals surface area contributed by atoms with Crippen LogP contribution in [0.1, 0.15) is 31.9 Å². The molecule has 0 saturated carbocycles. The fourth-order valence-electron chi connectivity index (χ4n) is 1.94. The lowest BCUT2D eigenvalue weighted by Crippen LogP contribution is -2.10. The molecule has 0 aliphatic rings. The Labute approximate surface area is 120 Å². The molecule has 19 heavy (non-hydrogen) atoms. The Kier molecular flexibility index (Phi) is 4.16. The van der Waals surface area contributed by atoms with Crippen molar-refractivity contribution in [3.8, 4) is 0 Å². The van der Waals surface area contributed by atoms with Crippen molar-refractivity contribution in [2.75, 3.05) is 5.32 Å². The van der Waals surface area contributed by atoms with Gasteiger partial charge in [-0.2, -0.15) is 0 Å². The van der Waals surface area contributed by atoms with Gasteiger partial charge in [-0.1, -0.05) is 56.6 Å². The maximum Gasteiger partial charge on any atom is 0.0409 e. The first-order valence-electron chi connectivity index (χ1n) is 6.54. The zero-order chi connectivity index (χ0) is 13.9. The molecule has 0 fully saturated rings. The van der Waals surface area contributed by atoms with E-state index < -0.39 is 0 Å². The van der Waals surface area contributed by atoms with Crippen LogP contribution in [-0.4, -0.2) is 0 Å². The van der Waals surface area contributed by atoms with E-state index in [-0.39, 0.29) is 5.41 Å². The predicted octanol–water partition coefficient (Wildman–Crippen LogP) is 5.25. The molecule has 0 heterocycles. The Morgan fingerprint density at radius 3 is 2.26 bits per heavy atom. The van der Waals surface area contributed by atoms with Gasteiger partial charge >= 0.3 is 0 Å². The van der Waals surface area contributed by atoms with Crippen LogP contribution in [0.2, 0.25) is 5.02 Å². The summed E-state index contributed by atoms with van der Waals surface area (Å²) >= 11 is 5.97. The van der Waals surface area contributed by atoms with Gasteiger partial charge in [0.05, 0.1) is 0 Å². The van der Waals surface area contributed by atoms with Gasteiger partial charge in [-0.15, -0.1) is 0 Å². The third-order valence-corrected chi connectivity index (χ3v) is 3.37. The molecule has 0 aromatic heterocycles. The highest BCUT2D eigenvalue weighted by Crippen LogP contribution is 2.23. The minimum atomic E-state index is 0.200. The summed E-state index contributed by atoms with van der Waals surface area (Å²) in [5.41, 5.74) is 3.87. The lowest BCUT2D eigenvalue weighted by atomic mass is 9.87. The monoisotopic (exact) mass is 273 g/mol. The second-order valence-corrected chi connectivity index (χ2v) is 6.25. The van der Waals surface area contributed by atoms with Crippen molar-refractivity contribution in [3.05, 3.63) is 64.7 Å². The summed E-state index contributed by atoms with van der Waals surface area (Å²) in [6, 6.07) is 16.5. The van der Waals surface area contributed by atoms with Crippen molar-refractivity contribution in [1.82, 2.24) is 0 Å². The second-order valence-electron chi connectivity index (χ2n) is 5.81. The average Bonchev–Trinajstić information content (AvgIpc) is 2.36. The zero-order valence-electron chi connectivity index (χ0n) is 11.7. The summed E-state index contributed by atoms with van der Waals surface area (Å²) in [6.07, 6.45) is 0. The standard InChI is InChI=1S/C17H20ClN/c1-17(2,3)14-7-9-16(10-8-14)19-12-13-5-4-6-15(18)11-13/h4-11,19H,12H2,1-3H3.